The van der Waals surface area contributed by atoms with Crippen LogP contribution in [0.3, 0.4) is 0 Å². The number of aromatic nitrogens is 3. The van der Waals surface area contributed by atoms with E-state index in [2.05, 4.69) is 37.3 Å². The quantitative estimate of drug-likeness (QED) is 0.799. The highest BCUT2D eigenvalue weighted by Crippen LogP contribution is 2.37. The van der Waals surface area contributed by atoms with Crippen molar-refractivity contribution in [2.45, 2.75) is 37.8 Å². The SMILES string of the molecule is COC1CCCN(SCC2CC(N(C)c3ncnc4[nH]ccc34)C2)C1. The summed E-state index contributed by atoms with van der Waals surface area (Å²) in [6.07, 6.45) is 8.96. The molecule has 7 heteroatoms. The molecule has 25 heavy (non-hydrogen) atoms. The highest BCUT2D eigenvalue weighted by Gasteiger charge is 2.34. The number of anilines is 1. The Morgan fingerprint density at radius 3 is 3.12 bits per heavy atom. The summed E-state index contributed by atoms with van der Waals surface area (Å²) in [4.78, 5) is 14.3. The zero-order valence-corrected chi connectivity index (χ0v) is 15.8. The number of ether oxygens (including phenoxy) is 1. The lowest BCUT2D eigenvalue weighted by Gasteiger charge is -2.42. The number of hydrogen-bond acceptors (Lipinski definition) is 6. The topological polar surface area (TPSA) is 57.3 Å². The van der Waals surface area contributed by atoms with Gasteiger partial charge in [-0.1, -0.05) is 11.9 Å². The Hall–Kier alpha value is -1.31. The molecule has 2 aromatic rings. The second-order valence-electron chi connectivity index (χ2n) is 7.22. The molecule has 0 spiro atoms. The summed E-state index contributed by atoms with van der Waals surface area (Å²) in [5, 5.41) is 1.11. The molecule has 2 aromatic heterocycles. The first kappa shape index (κ1) is 17.1. The van der Waals surface area contributed by atoms with Crippen LogP contribution >= 0.6 is 11.9 Å². The van der Waals surface area contributed by atoms with Crippen molar-refractivity contribution >= 4 is 28.8 Å². The Balaban J connectivity index is 1.27. The summed E-state index contributed by atoms with van der Waals surface area (Å²) < 4.78 is 8.02. The van der Waals surface area contributed by atoms with Crippen LogP contribution in [-0.2, 0) is 4.74 Å². The Bertz CT molecular complexity index is 702. The average molecular weight is 362 g/mol. The number of aromatic amines is 1. The maximum atomic E-state index is 5.52. The first-order valence-electron chi connectivity index (χ1n) is 9.16. The van der Waals surface area contributed by atoms with Crippen molar-refractivity contribution in [3.05, 3.63) is 18.6 Å². The van der Waals surface area contributed by atoms with E-state index < -0.39 is 0 Å². The molecule has 1 saturated carbocycles. The zero-order valence-electron chi connectivity index (χ0n) is 15.0. The minimum atomic E-state index is 0.419. The van der Waals surface area contributed by atoms with Gasteiger partial charge in [0.1, 0.15) is 17.8 Å². The van der Waals surface area contributed by atoms with E-state index in [0.717, 1.165) is 29.3 Å². The van der Waals surface area contributed by atoms with Crippen molar-refractivity contribution in [3.63, 3.8) is 0 Å². The number of nitrogens with one attached hydrogen (secondary N) is 1. The molecule has 1 N–H and O–H groups in total. The predicted octanol–water partition coefficient (Wildman–Crippen LogP) is 2.93. The van der Waals surface area contributed by atoms with Crippen molar-refractivity contribution < 1.29 is 4.74 Å². The standard InChI is InChI=1S/C18H27N5OS/c1-22(18-16-5-6-19-17(16)20-12-21-18)14-8-13(9-14)11-25-23-7-3-4-15(10-23)24-2/h5-6,12-15H,3-4,7-11H2,1-2H3,(H,19,20,21). The fourth-order valence-corrected chi connectivity index (χ4v) is 5.11. The fraction of sp³-hybridized carbons (Fsp3) is 0.667. The van der Waals surface area contributed by atoms with Gasteiger partial charge in [-0.2, -0.15) is 0 Å². The van der Waals surface area contributed by atoms with Crippen LogP contribution in [0.1, 0.15) is 25.7 Å². The third-order valence-electron chi connectivity index (χ3n) is 5.59. The first-order valence-corrected chi connectivity index (χ1v) is 10.1. The number of nitrogens with zero attached hydrogens (tertiary/aromatic N) is 4. The molecule has 1 aliphatic heterocycles. The number of rotatable bonds is 6. The molecule has 6 nitrogen and oxygen atoms in total. The van der Waals surface area contributed by atoms with Gasteiger partial charge < -0.3 is 14.6 Å². The fourth-order valence-electron chi connectivity index (χ4n) is 3.89. The molecule has 1 saturated heterocycles. The van der Waals surface area contributed by atoms with Gasteiger partial charge in [-0.25, -0.2) is 14.3 Å². The third kappa shape index (κ3) is 3.64. The Kier molecular flexibility index (Phi) is 5.15. The number of fused-ring (bicyclic) bond motifs is 1. The molecule has 1 unspecified atom stereocenters. The molecule has 0 aromatic carbocycles. The molecule has 1 atom stereocenters. The number of H-pyrrole nitrogens is 1. The van der Waals surface area contributed by atoms with Gasteiger partial charge in [0.2, 0.25) is 0 Å². The van der Waals surface area contributed by atoms with Gasteiger partial charge in [-0.05, 0) is 37.7 Å². The Labute approximate surface area is 153 Å². The molecular weight excluding hydrogens is 334 g/mol. The Morgan fingerprint density at radius 1 is 1.40 bits per heavy atom. The third-order valence-corrected chi connectivity index (χ3v) is 6.91. The summed E-state index contributed by atoms with van der Waals surface area (Å²) in [5.74, 6) is 3.08. The number of hydrogen-bond donors (Lipinski definition) is 1. The minimum absolute atomic E-state index is 0.419. The number of methoxy groups -OCH3 is 1. The maximum absolute atomic E-state index is 5.52. The van der Waals surface area contributed by atoms with Crippen LogP contribution in [0.4, 0.5) is 5.82 Å². The van der Waals surface area contributed by atoms with Crippen LogP contribution in [0.15, 0.2) is 18.6 Å². The van der Waals surface area contributed by atoms with Crippen molar-refractivity contribution in [1.29, 1.82) is 0 Å². The monoisotopic (exact) mass is 361 g/mol. The number of piperidine rings is 1. The average Bonchev–Trinajstić information content (AvgIpc) is 3.09. The lowest BCUT2D eigenvalue weighted by atomic mass is 9.81. The summed E-state index contributed by atoms with van der Waals surface area (Å²) in [6, 6.07) is 2.65. The van der Waals surface area contributed by atoms with E-state index in [0.29, 0.717) is 12.1 Å². The largest absolute Gasteiger partial charge is 0.380 e. The smallest absolute Gasteiger partial charge is 0.142 e. The molecule has 0 radical (unpaired) electrons. The van der Waals surface area contributed by atoms with Gasteiger partial charge >= 0.3 is 0 Å². The van der Waals surface area contributed by atoms with E-state index in [1.807, 2.05) is 25.3 Å². The lowest BCUT2D eigenvalue weighted by molar-refractivity contribution is 0.0599. The zero-order chi connectivity index (χ0) is 17.2. The van der Waals surface area contributed by atoms with E-state index in [4.69, 9.17) is 4.74 Å². The molecule has 1 aliphatic carbocycles. The van der Waals surface area contributed by atoms with Crippen LogP contribution in [0.5, 0.6) is 0 Å². The normalized spacial score (nSPS) is 27.4. The second-order valence-corrected chi connectivity index (χ2v) is 8.33. The predicted molar refractivity (Wildman–Crippen MR) is 103 cm³/mol. The molecule has 2 fully saturated rings. The van der Waals surface area contributed by atoms with Gasteiger partial charge in [-0.15, -0.1) is 0 Å². The van der Waals surface area contributed by atoms with Crippen LogP contribution in [0.2, 0.25) is 0 Å². The highest BCUT2D eigenvalue weighted by atomic mass is 32.2. The van der Waals surface area contributed by atoms with E-state index in [9.17, 15) is 0 Å². The molecule has 0 amide bonds. The molecule has 2 aliphatic rings. The van der Waals surface area contributed by atoms with E-state index >= 15 is 0 Å². The molecule has 4 rings (SSSR count). The van der Waals surface area contributed by atoms with E-state index in [-0.39, 0.29) is 0 Å². The van der Waals surface area contributed by atoms with Crippen molar-refractivity contribution in [2.75, 3.05) is 37.9 Å². The summed E-state index contributed by atoms with van der Waals surface area (Å²) in [5.41, 5.74) is 0.918. The van der Waals surface area contributed by atoms with Gasteiger partial charge in [-0.3, -0.25) is 0 Å². The molecular formula is C18H27N5OS. The van der Waals surface area contributed by atoms with E-state index in [1.165, 1.54) is 38.0 Å². The lowest BCUT2D eigenvalue weighted by Crippen LogP contribution is -2.44. The van der Waals surface area contributed by atoms with Crippen LogP contribution < -0.4 is 4.90 Å². The highest BCUT2D eigenvalue weighted by molar-refractivity contribution is 7.97. The maximum Gasteiger partial charge on any atom is 0.142 e. The van der Waals surface area contributed by atoms with Crippen LogP contribution in [-0.4, -0.2) is 64.4 Å². The van der Waals surface area contributed by atoms with Gasteiger partial charge in [0, 0.05) is 45.2 Å². The van der Waals surface area contributed by atoms with Gasteiger partial charge in [0.25, 0.3) is 0 Å². The second kappa shape index (κ2) is 7.51. The molecule has 3 heterocycles. The Morgan fingerprint density at radius 2 is 2.28 bits per heavy atom. The summed E-state index contributed by atoms with van der Waals surface area (Å²) >= 11 is 2.02. The first-order chi connectivity index (χ1) is 12.2. The van der Waals surface area contributed by atoms with Crippen molar-refractivity contribution in [3.8, 4) is 0 Å². The molecule has 136 valence electrons. The molecule has 0 bridgehead atoms. The van der Waals surface area contributed by atoms with Crippen molar-refractivity contribution in [2.24, 2.45) is 5.92 Å². The summed E-state index contributed by atoms with van der Waals surface area (Å²) in [6.45, 7) is 2.27. The minimum Gasteiger partial charge on any atom is -0.380 e. The van der Waals surface area contributed by atoms with E-state index in [1.54, 1.807) is 6.33 Å². The van der Waals surface area contributed by atoms with Crippen LogP contribution in [0.25, 0.3) is 11.0 Å². The van der Waals surface area contributed by atoms with Crippen molar-refractivity contribution in [1.82, 2.24) is 19.3 Å². The summed E-state index contributed by atoms with van der Waals surface area (Å²) in [7, 11) is 4.00. The van der Waals surface area contributed by atoms with Gasteiger partial charge in [0.05, 0.1) is 11.5 Å². The van der Waals surface area contributed by atoms with Gasteiger partial charge in [0.15, 0.2) is 0 Å². The van der Waals surface area contributed by atoms with Crippen LogP contribution in [0, 0.1) is 5.92 Å².